The summed E-state index contributed by atoms with van der Waals surface area (Å²) in [7, 11) is 5.20. The molecule has 158 valence electrons. The molecule has 0 aliphatic carbocycles. The summed E-state index contributed by atoms with van der Waals surface area (Å²) in [4.78, 5) is 32.1. The molecular formula is C21H27N7O2. The van der Waals surface area contributed by atoms with Gasteiger partial charge in [0.25, 0.3) is 5.56 Å². The number of rotatable bonds is 5. The molecular weight excluding hydrogens is 382 g/mol. The van der Waals surface area contributed by atoms with Crippen molar-refractivity contribution in [2.75, 3.05) is 25.1 Å². The Bertz CT molecular complexity index is 1240. The van der Waals surface area contributed by atoms with Crippen LogP contribution in [0, 0.1) is 0 Å². The Labute approximate surface area is 174 Å². The van der Waals surface area contributed by atoms with E-state index in [9.17, 15) is 9.59 Å². The maximum absolute atomic E-state index is 12.9. The number of imidazole rings is 1. The smallest absolute Gasteiger partial charge is 0.300 e. The molecule has 30 heavy (non-hydrogen) atoms. The highest BCUT2D eigenvalue weighted by atomic mass is 16.2. The number of anilines is 1. The van der Waals surface area contributed by atoms with Gasteiger partial charge in [-0.15, -0.1) is 0 Å². The number of aryl methyl sites for hydroxylation is 1. The van der Waals surface area contributed by atoms with Crippen molar-refractivity contribution < 1.29 is 0 Å². The minimum atomic E-state index is -0.387. The molecule has 0 saturated carbocycles. The number of nitrogens with zero attached hydrogens (tertiary/aromatic N) is 7. The van der Waals surface area contributed by atoms with Crippen LogP contribution in [0.25, 0.3) is 11.2 Å². The first-order valence-electron chi connectivity index (χ1n) is 10.0. The van der Waals surface area contributed by atoms with E-state index < -0.39 is 0 Å². The number of hydrogen-bond acceptors (Lipinski definition) is 6. The number of aromatic nitrogens is 4. The van der Waals surface area contributed by atoms with Gasteiger partial charge in [-0.2, -0.15) is 10.1 Å². The van der Waals surface area contributed by atoms with E-state index in [2.05, 4.69) is 29.1 Å². The van der Waals surface area contributed by atoms with Crippen molar-refractivity contribution in [3.63, 3.8) is 0 Å². The van der Waals surface area contributed by atoms with Crippen molar-refractivity contribution in [3.05, 3.63) is 56.7 Å². The molecule has 0 unspecified atom stereocenters. The number of likely N-dealkylation sites (N-methyl/N-ethyl adjacent to an activating group) is 1. The minimum absolute atomic E-state index is 0.117. The molecule has 3 heterocycles. The molecule has 0 saturated heterocycles. The lowest BCUT2D eigenvalue weighted by Gasteiger charge is -2.30. The summed E-state index contributed by atoms with van der Waals surface area (Å²) < 4.78 is 4.45. The van der Waals surface area contributed by atoms with Crippen molar-refractivity contribution in [2.45, 2.75) is 26.4 Å². The molecule has 0 radical (unpaired) electrons. The zero-order valence-corrected chi connectivity index (χ0v) is 18.0. The van der Waals surface area contributed by atoms with Crippen molar-refractivity contribution >= 4 is 22.8 Å². The number of benzene rings is 1. The predicted molar refractivity (Wildman–Crippen MR) is 118 cm³/mol. The van der Waals surface area contributed by atoms with E-state index in [1.807, 2.05) is 41.6 Å². The first-order valence-corrected chi connectivity index (χ1v) is 10.0. The van der Waals surface area contributed by atoms with Gasteiger partial charge in [0.05, 0.1) is 18.3 Å². The van der Waals surface area contributed by atoms with Crippen LogP contribution in [0.3, 0.4) is 0 Å². The fraction of sp³-hybridized carbons (Fsp3) is 0.429. The molecule has 9 nitrogen and oxygen atoms in total. The predicted octanol–water partition coefficient (Wildman–Crippen LogP) is 1.32. The van der Waals surface area contributed by atoms with Crippen LogP contribution in [0.5, 0.6) is 0 Å². The Morgan fingerprint density at radius 1 is 1.10 bits per heavy atom. The van der Waals surface area contributed by atoms with Crippen molar-refractivity contribution in [2.24, 2.45) is 19.2 Å². The van der Waals surface area contributed by atoms with E-state index in [4.69, 9.17) is 5.10 Å². The van der Waals surface area contributed by atoms with Crippen molar-refractivity contribution in [1.29, 1.82) is 0 Å². The molecule has 1 aliphatic rings. The maximum atomic E-state index is 12.9. The standard InChI is InChI=1S/C21H27N7O2/c1-14-15(2)28-17-18(25(4)21(30)26(5)19(17)29)22-20(28)27(23-14)12-11-24(3)13-16-9-7-6-8-10-16/h6-10,15H,11-13H2,1-5H3/t15-/m1/s1. The summed E-state index contributed by atoms with van der Waals surface area (Å²) in [5.74, 6) is 0.592. The van der Waals surface area contributed by atoms with Gasteiger partial charge in [-0.05, 0) is 26.5 Å². The Morgan fingerprint density at radius 3 is 2.50 bits per heavy atom. The fourth-order valence-corrected chi connectivity index (χ4v) is 3.85. The zero-order valence-electron chi connectivity index (χ0n) is 18.0. The largest absolute Gasteiger partial charge is 0.332 e. The lowest BCUT2D eigenvalue weighted by Crippen LogP contribution is -2.39. The average Bonchev–Trinajstić information content (AvgIpc) is 3.14. The summed E-state index contributed by atoms with van der Waals surface area (Å²) in [6.07, 6.45) is 0. The van der Waals surface area contributed by atoms with E-state index in [0.29, 0.717) is 23.7 Å². The molecule has 1 aliphatic heterocycles. The second kappa shape index (κ2) is 7.56. The summed E-state index contributed by atoms with van der Waals surface area (Å²) in [6.45, 7) is 6.16. The molecule has 3 aromatic rings. The van der Waals surface area contributed by atoms with Crippen LogP contribution in [0.15, 0.2) is 45.0 Å². The molecule has 0 bridgehead atoms. The van der Waals surface area contributed by atoms with E-state index in [0.717, 1.165) is 23.4 Å². The van der Waals surface area contributed by atoms with Gasteiger partial charge in [-0.1, -0.05) is 30.3 Å². The summed E-state index contributed by atoms with van der Waals surface area (Å²) in [5, 5.41) is 6.56. The van der Waals surface area contributed by atoms with Crippen molar-refractivity contribution in [3.8, 4) is 0 Å². The monoisotopic (exact) mass is 409 g/mol. The number of fused-ring (bicyclic) bond motifs is 3. The third-order valence-corrected chi connectivity index (χ3v) is 5.76. The second-order valence-corrected chi connectivity index (χ2v) is 7.92. The van der Waals surface area contributed by atoms with Crippen LogP contribution < -0.4 is 16.3 Å². The average molecular weight is 409 g/mol. The second-order valence-electron chi connectivity index (χ2n) is 7.92. The molecule has 9 heteroatoms. The highest BCUT2D eigenvalue weighted by Crippen LogP contribution is 2.29. The Kier molecular flexibility index (Phi) is 5.07. The van der Waals surface area contributed by atoms with E-state index in [1.165, 1.54) is 17.2 Å². The van der Waals surface area contributed by atoms with Gasteiger partial charge in [0.2, 0.25) is 5.95 Å². The van der Waals surface area contributed by atoms with Crippen LogP contribution in [-0.2, 0) is 20.6 Å². The third kappa shape index (κ3) is 3.24. The first-order chi connectivity index (χ1) is 14.3. The van der Waals surface area contributed by atoms with Gasteiger partial charge in [0.1, 0.15) is 0 Å². The molecule has 4 rings (SSSR count). The number of hydrazone groups is 1. The van der Waals surface area contributed by atoms with Gasteiger partial charge in [0, 0.05) is 27.2 Å². The van der Waals surface area contributed by atoms with E-state index in [1.54, 1.807) is 7.05 Å². The normalized spacial score (nSPS) is 16.3. The van der Waals surface area contributed by atoms with E-state index >= 15 is 0 Å². The molecule has 1 aromatic carbocycles. The van der Waals surface area contributed by atoms with Gasteiger partial charge < -0.3 is 4.90 Å². The molecule has 0 N–H and O–H groups in total. The summed E-state index contributed by atoms with van der Waals surface area (Å²) >= 11 is 0. The minimum Gasteiger partial charge on any atom is -0.300 e. The maximum Gasteiger partial charge on any atom is 0.332 e. The highest BCUT2D eigenvalue weighted by Gasteiger charge is 2.30. The fourth-order valence-electron chi connectivity index (χ4n) is 3.85. The summed E-state index contributed by atoms with van der Waals surface area (Å²) in [6, 6.07) is 10.2. The highest BCUT2D eigenvalue weighted by molar-refractivity contribution is 5.91. The molecule has 0 amide bonds. The third-order valence-electron chi connectivity index (χ3n) is 5.76. The lowest BCUT2D eigenvalue weighted by atomic mass is 10.2. The van der Waals surface area contributed by atoms with Crippen LogP contribution in [0.4, 0.5) is 5.95 Å². The quantitative estimate of drug-likeness (QED) is 0.635. The van der Waals surface area contributed by atoms with Gasteiger partial charge in [0.15, 0.2) is 11.2 Å². The summed E-state index contributed by atoms with van der Waals surface area (Å²) in [5.41, 5.74) is 2.23. The Balaban J connectivity index is 1.68. The van der Waals surface area contributed by atoms with Gasteiger partial charge in [-0.25, -0.2) is 9.80 Å². The van der Waals surface area contributed by atoms with Crippen LogP contribution in [0.2, 0.25) is 0 Å². The van der Waals surface area contributed by atoms with E-state index in [-0.39, 0.29) is 17.3 Å². The Hall–Kier alpha value is -3.20. The number of hydrogen-bond donors (Lipinski definition) is 0. The zero-order chi connectivity index (χ0) is 21.6. The molecule has 0 fully saturated rings. The molecule has 0 spiro atoms. The van der Waals surface area contributed by atoms with Gasteiger partial charge >= 0.3 is 5.69 Å². The van der Waals surface area contributed by atoms with Gasteiger partial charge in [-0.3, -0.25) is 18.5 Å². The lowest BCUT2D eigenvalue weighted by molar-refractivity contribution is 0.331. The molecule has 1 atom stereocenters. The van der Waals surface area contributed by atoms with Crippen molar-refractivity contribution in [1.82, 2.24) is 23.6 Å². The molecule has 2 aromatic heterocycles. The first kappa shape index (κ1) is 20.1. The van der Waals surface area contributed by atoms with Crippen LogP contribution in [-0.4, -0.2) is 49.4 Å². The SMILES string of the molecule is CC1=NN(CCN(C)Cc2ccccc2)c2nc3c(c(=O)n(C)c(=O)n3C)n2[C@@H]1C. The van der Waals surface area contributed by atoms with Crippen LogP contribution in [0.1, 0.15) is 25.5 Å². The Morgan fingerprint density at radius 2 is 1.80 bits per heavy atom. The topological polar surface area (TPSA) is 80.7 Å². The van der Waals surface area contributed by atoms with Crippen LogP contribution >= 0.6 is 0 Å².